The van der Waals surface area contributed by atoms with Crippen LogP contribution in [0.25, 0.3) is 0 Å². The highest BCUT2D eigenvalue weighted by Gasteiger charge is 2.46. The highest BCUT2D eigenvalue weighted by Crippen LogP contribution is 2.49. The van der Waals surface area contributed by atoms with Gasteiger partial charge in [0, 0.05) is 67.3 Å². The number of ether oxygens (including phenoxy) is 1. The Balaban J connectivity index is 0.680. The number of hydrogen-bond donors (Lipinski definition) is 2. The van der Waals surface area contributed by atoms with Gasteiger partial charge < -0.3 is 29.4 Å². The predicted molar refractivity (Wildman–Crippen MR) is 230 cm³/mol. The van der Waals surface area contributed by atoms with Gasteiger partial charge in [-0.25, -0.2) is 0 Å². The van der Waals surface area contributed by atoms with Crippen molar-refractivity contribution in [3.63, 3.8) is 0 Å². The molecular weight excluding hydrogens is 769 g/mol. The molecule has 4 fully saturated rings. The largest absolute Gasteiger partial charge is 0.508 e. The topological polar surface area (TPSA) is 126 Å². The summed E-state index contributed by atoms with van der Waals surface area (Å²) in [6.07, 6.45) is 4.73. The Kier molecular flexibility index (Phi) is 9.32. The van der Waals surface area contributed by atoms with Gasteiger partial charge in [0.15, 0.2) is 0 Å². The molecule has 1 aliphatic carbocycles. The van der Waals surface area contributed by atoms with Gasteiger partial charge in [0.2, 0.25) is 17.7 Å². The number of piperazine rings is 1. The molecule has 6 aliphatic heterocycles. The van der Waals surface area contributed by atoms with E-state index >= 15 is 0 Å². The number of anilines is 2. The third-order valence-corrected chi connectivity index (χ3v) is 15.0. The van der Waals surface area contributed by atoms with Crippen molar-refractivity contribution in [3.05, 3.63) is 118 Å². The van der Waals surface area contributed by atoms with Gasteiger partial charge in [0.1, 0.15) is 24.1 Å². The van der Waals surface area contributed by atoms with Crippen LogP contribution in [0.2, 0.25) is 0 Å². The fourth-order valence-corrected chi connectivity index (χ4v) is 11.6. The van der Waals surface area contributed by atoms with Gasteiger partial charge in [0.05, 0.1) is 24.8 Å². The van der Waals surface area contributed by atoms with Gasteiger partial charge >= 0.3 is 0 Å². The first kappa shape index (κ1) is 38.1. The number of hydrogen-bond acceptors (Lipinski definition) is 9. The van der Waals surface area contributed by atoms with Crippen LogP contribution < -0.4 is 19.9 Å². The highest BCUT2D eigenvalue weighted by molar-refractivity contribution is 6.06. The molecule has 1 unspecified atom stereocenters. The summed E-state index contributed by atoms with van der Waals surface area (Å²) in [6.45, 7) is 6.97. The van der Waals surface area contributed by atoms with Gasteiger partial charge in [0.25, 0.3) is 5.91 Å². The summed E-state index contributed by atoms with van der Waals surface area (Å²) in [5, 5.41) is 12.6. The molecule has 4 aromatic carbocycles. The number of phenolic OH excluding ortho intramolecular Hbond substituents is 1. The maximum absolute atomic E-state index is 13.7. The maximum atomic E-state index is 13.7. The Labute approximate surface area is 356 Å². The first-order chi connectivity index (χ1) is 29.7. The van der Waals surface area contributed by atoms with Gasteiger partial charge in [-0.1, -0.05) is 48.5 Å². The summed E-state index contributed by atoms with van der Waals surface area (Å²) in [7, 11) is 0. The lowest BCUT2D eigenvalue weighted by Gasteiger charge is -2.55. The minimum atomic E-state index is -0.671. The number of imide groups is 1. The number of fused-ring (bicyclic) bond motifs is 6. The van der Waals surface area contributed by atoms with Crippen molar-refractivity contribution in [2.75, 3.05) is 68.8 Å². The lowest BCUT2D eigenvalue weighted by atomic mass is 9.69. The molecule has 2 N–H and O–H groups in total. The summed E-state index contributed by atoms with van der Waals surface area (Å²) in [4.78, 5) is 62.1. The van der Waals surface area contributed by atoms with E-state index in [1.165, 1.54) is 27.9 Å². The van der Waals surface area contributed by atoms with Crippen molar-refractivity contribution in [1.29, 1.82) is 0 Å². The number of aryl methyl sites for hydroxylation is 1. The van der Waals surface area contributed by atoms with E-state index in [-0.39, 0.29) is 42.6 Å². The summed E-state index contributed by atoms with van der Waals surface area (Å²) in [5.41, 5.74) is 9.09. The quantitative estimate of drug-likeness (QED) is 0.258. The SMILES string of the molecule is O=C1CCC(N2Cc3c(ccc4c3OC[C@H]3CN(C(=O)CN5CCC6(CC5)CN(c5ccc([C@@H]7c8ccc(O)cc8CC[C@@H]7c7ccccc7)cc5)C6)CCN43)C2=O)C(=O)N1. The standard InChI is InChI=1S/C49H52N6O6/c56-36-11-13-38-33(24-36)8-12-37(31-4-2-1-3-5-31)45(38)32-6-9-34(10-7-32)53-29-49(30-53)18-20-51(21-19-49)27-44(58)52-22-23-54-35(25-52)28-61-46-40-26-55(42-16-17-43(57)50-47(42)59)48(60)39(40)14-15-41(46)54/h1-7,9-11,13-15,24,35,37,42,45,56H,8,12,16-23,25-30H2,(H,50,57,59)/t35-,37-,42?,45+/m1/s1. The molecule has 7 aliphatic rings. The second-order valence-corrected chi connectivity index (χ2v) is 18.5. The van der Waals surface area contributed by atoms with Gasteiger partial charge in [-0.2, -0.15) is 0 Å². The lowest BCUT2D eigenvalue weighted by molar-refractivity contribution is -0.137. The van der Waals surface area contributed by atoms with E-state index in [0.717, 1.165) is 63.1 Å². The monoisotopic (exact) mass is 820 g/mol. The molecule has 314 valence electrons. The normalized spacial score (nSPS) is 25.5. The summed E-state index contributed by atoms with van der Waals surface area (Å²) >= 11 is 0. The van der Waals surface area contributed by atoms with Crippen LogP contribution in [0.1, 0.15) is 82.1 Å². The fraction of sp³-hybridized carbons (Fsp3) is 0.429. The Morgan fingerprint density at radius 3 is 2.43 bits per heavy atom. The lowest BCUT2D eigenvalue weighted by Crippen LogP contribution is -2.62. The number of aromatic hydroxyl groups is 1. The van der Waals surface area contributed by atoms with Crippen molar-refractivity contribution in [1.82, 2.24) is 20.0 Å². The number of likely N-dealkylation sites (tertiary alicyclic amines) is 1. The smallest absolute Gasteiger partial charge is 0.255 e. The van der Waals surface area contributed by atoms with Crippen LogP contribution in [-0.2, 0) is 27.3 Å². The number of benzene rings is 4. The third-order valence-electron chi connectivity index (χ3n) is 15.0. The van der Waals surface area contributed by atoms with Crippen LogP contribution in [0.15, 0.2) is 84.9 Å². The average molecular weight is 821 g/mol. The molecule has 11 rings (SSSR count). The van der Waals surface area contributed by atoms with Crippen LogP contribution >= 0.6 is 0 Å². The van der Waals surface area contributed by atoms with E-state index in [0.29, 0.717) is 67.6 Å². The first-order valence-corrected chi connectivity index (χ1v) is 22.1. The molecule has 0 saturated carbocycles. The van der Waals surface area contributed by atoms with E-state index in [1.54, 1.807) is 4.90 Å². The van der Waals surface area contributed by atoms with Crippen LogP contribution in [0.3, 0.4) is 0 Å². The van der Waals surface area contributed by atoms with Gasteiger partial charge in [-0.3, -0.25) is 29.4 Å². The van der Waals surface area contributed by atoms with Crippen LogP contribution in [0, 0.1) is 5.41 Å². The minimum absolute atomic E-state index is 0.0180. The molecule has 12 heteroatoms. The zero-order valence-corrected chi connectivity index (χ0v) is 34.4. The zero-order valence-electron chi connectivity index (χ0n) is 34.4. The van der Waals surface area contributed by atoms with E-state index in [2.05, 4.69) is 80.7 Å². The number of amides is 4. The molecule has 0 radical (unpaired) electrons. The molecular formula is C49H52N6O6. The van der Waals surface area contributed by atoms with E-state index in [4.69, 9.17) is 4.74 Å². The molecule has 0 aromatic heterocycles. The molecule has 4 atom stereocenters. The average Bonchev–Trinajstić information content (AvgIpc) is 3.61. The summed E-state index contributed by atoms with van der Waals surface area (Å²) < 4.78 is 6.36. The van der Waals surface area contributed by atoms with Crippen molar-refractivity contribution in [2.24, 2.45) is 5.41 Å². The number of phenols is 1. The molecule has 6 heterocycles. The predicted octanol–water partition coefficient (Wildman–Crippen LogP) is 5.03. The summed E-state index contributed by atoms with van der Waals surface area (Å²) in [5.74, 6) is 0.886. The zero-order chi connectivity index (χ0) is 41.4. The number of carbonyl (C=O) groups excluding carboxylic acids is 4. The second-order valence-electron chi connectivity index (χ2n) is 18.5. The van der Waals surface area contributed by atoms with Crippen molar-refractivity contribution >= 4 is 35.0 Å². The number of piperidine rings is 2. The van der Waals surface area contributed by atoms with Crippen LogP contribution in [0.5, 0.6) is 11.5 Å². The molecule has 4 aromatic rings. The van der Waals surface area contributed by atoms with Crippen LogP contribution in [-0.4, -0.2) is 114 Å². The molecule has 4 saturated heterocycles. The number of carbonyl (C=O) groups is 4. The molecule has 0 bridgehead atoms. The summed E-state index contributed by atoms with van der Waals surface area (Å²) in [6, 6.07) is 29.1. The van der Waals surface area contributed by atoms with E-state index < -0.39 is 11.9 Å². The molecule has 4 amide bonds. The van der Waals surface area contributed by atoms with Crippen molar-refractivity contribution in [2.45, 2.75) is 69.0 Å². The number of nitrogens with one attached hydrogen (secondary N) is 1. The fourth-order valence-electron chi connectivity index (χ4n) is 11.6. The van der Waals surface area contributed by atoms with Crippen molar-refractivity contribution in [3.8, 4) is 11.5 Å². The minimum Gasteiger partial charge on any atom is -0.508 e. The van der Waals surface area contributed by atoms with E-state index in [1.807, 2.05) is 29.2 Å². The molecule has 12 nitrogen and oxygen atoms in total. The maximum Gasteiger partial charge on any atom is 0.255 e. The van der Waals surface area contributed by atoms with Gasteiger partial charge in [-0.15, -0.1) is 0 Å². The first-order valence-electron chi connectivity index (χ1n) is 22.1. The van der Waals surface area contributed by atoms with Gasteiger partial charge in [-0.05, 0) is 110 Å². The Morgan fingerprint density at radius 1 is 0.836 bits per heavy atom. The number of nitrogens with zero attached hydrogens (tertiary/aromatic N) is 5. The Bertz CT molecular complexity index is 2410. The van der Waals surface area contributed by atoms with Crippen molar-refractivity contribution < 1.29 is 29.0 Å². The number of rotatable bonds is 6. The highest BCUT2D eigenvalue weighted by atomic mass is 16.5. The van der Waals surface area contributed by atoms with E-state index in [9.17, 15) is 24.3 Å². The third kappa shape index (κ3) is 6.70. The Hall–Kier alpha value is -5.88. The van der Waals surface area contributed by atoms with Crippen LogP contribution in [0.4, 0.5) is 11.4 Å². The molecule has 1 spiro atoms. The Morgan fingerprint density at radius 2 is 1.64 bits per heavy atom. The second kappa shape index (κ2) is 14.9. The molecule has 61 heavy (non-hydrogen) atoms.